The van der Waals surface area contributed by atoms with Crippen LogP contribution in [0.2, 0.25) is 5.02 Å². The summed E-state index contributed by atoms with van der Waals surface area (Å²) in [4.78, 5) is 2.42. The fourth-order valence-corrected chi connectivity index (χ4v) is 3.33. The third kappa shape index (κ3) is 3.76. The molecule has 0 bridgehead atoms. The van der Waals surface area contributed by atoms with Crippen molar-refractivity contribution in [2.75, 3.05) is 19.6 Å². The zero-order valence-corrected chi connectivity index (χ0v) is 15.1. The lowest BCUT2D eigenvalue weighted by Crippen LogP contribution is -2.60. The van der Waals surface area contributed by atoms with Gasteiger partial charge in [-0.25, -0.2) is 0 Å². The van der Waals surface area contributed by atoms with Crippen molar-refractivity contribution in [2.24, 2.45) is 0 Å². The SMILES string of the molecule is CC1C(Oc2ccc(Cl)cc2OC2CNC2)CN1Cc1ccccc1. The number of ether oxygens (including phenoxy) is 2. The van der Waals surface area contributed by atoms with E-state index in [1.165, 1.54) is 5.56 Å². The summed E-state index contributed by atoms with van der Waals surface area (Å²) in [6.45, 7) is 5.83. The van der Waals surface area contributed by atoms with Gasteiger partial charge in [-0.05, 0) is 24.6 Å². The molecular weight excluding hydrogens is 336 g/mol. The molecule has 5 heteroatoms. The maximum absolute atomic E-state index is 6.24. The van der Waals surface area contributed by atoms with Crippen LogP contribution in [-0.2, 0) is 6.54 Å². The molecular formula is C20H23ClN2O2. The Hall–Kier alpha value is -1.75. The van der Waals surface area contributed by atoms with Crippen molar-refractivity contribution in [1.82, 2.24) is 10.2 Å². The van der Waals surface area contributed by atoms with Crippen molar-refractivity contribution in [3.05, 3.63) is 59.1 Å². The van der Waals surface area contributed by atoms with Gasteiger partial charge in [0, 0.05) is 43.3 Å². The minimum atomic E-state index is 0.173. The predicted molar refractivity (Wildman–Crippen MR) is 99.5 cm³/mol. The molecule has 2 heterocycles. The monoisotopic (exact) mass is 358 g/mol. The number of hydrogen-bond acceptors (Lipinski definition) is 4. The van der Waals surface area contributed by atoms with Gasteiger partial charge in [-0.3, -0.25) is 4.90 Å². The molecule has 25 heavy (non-hydrogen) atoms. The van der Waals surface area contributed by atoms with E-state index in [9.17, 15) is 0 Å². The number of nitrogens with zero attached hydrogens (tertiary/aromatic N) is 1. The summed E-state index contributed by atoms with van der Waals surface area (Å²) in [6, 6.07) is 16.5. The van der Waals surface area contributed by atoms with Gasteiger partial charge in [0.2, 0.25) is 0 Å². The van der Waals surface area contributed by atoms with Gasteiger partial charge in [0.25, 0.3) is 0 Å². The molecule has 2 aliphatic heterocycles. The minimum absolute atomic E-state index is 0.173. The molecule has 2 aromatic rings. The van der Waals surface area contributed by atoms with Gasteiger partial charge < -0.3 is 14.8 Å². The molecule has 2 aliphatic rings. The Morgan fingerprint density at radius 1 is 1.08 bits per heavy atom. The zero-order chi connectivity index (χ0) is 17.2. The van der Waals surface area contributed by atoms with E-state index in [4.69, 9.17) is 21.1 Å². The van der Waals surface area contributed by atoms with Crippen molar-refractivity contribution >= 4 is 11.6 Å². The molecule has 0 saturated carbocycles. The second kappa shape index (κ2) is 7.24. The quantitative estimate of drug-likeness (QED) is 0.858. The van der Waals surface area contributed by atoms with Crippen LogP contribution in [0.1, 0.15) is 12.5 Å². The van der Waals surface area contributed by atoms with Gasteiger partial charge in [-0.1, -0.05) is 41.9 Å². The lowest BCUT2D eigenvalue weighted by molar-refractivity contribution is -0.0431. The molecule has 2 atom stereocenters. The Morgan fingerprint density at radius 2 is 1.88 bits per heavy atom. The van der Waals surface area contributed by atoms with Crippen molar-refractivity contribution in [1.29, 1.82) is 0 Å². The van der Waals surface area contributed by atoms with Crippen LogP contribution in [0.4, 0.5) is 0 Å². The number of benzene rings is 2. The van der Waals surface area contributed by atoms with Gasteiger partial charge >= 0.3 is 0 Å². The molecule has 0 radical (unpaired) electrons. The number of hydrogen-bond donors (Lipinski definition) is 1. The Bertz CT molecular complexity index is 721. The van der Waals surface area contributed by atoms with Crippen LogP contribution in [0.3, 0.4) is 0 Å². The molecule has 0 aliphatic carbocycles. The number of nitrogens with one attached hydrogen (secondary N) is 1. The van der Waals surface area contributed by atoms with Crippen LogP contribution < -0.4 is 14.8 Å². The average Bonchev–Trinajstić information content (AvgIpc) is 2.59. The molecule has 2 aromatic carbocycles. The second-order valence-corrected chi connectivity index (χ2v) is 7.24. The third-order valence-corrected chi connectivity index (χ3v) is 5.21. The molecule has 0 aromatic heterocycles. The van der Waals surface area contributed by atoms with Crippen LogP contribution in [0.5, 0.6) is 11.5 Å². The summed E-state index contributed by atoms with van der Waals surface area (Å²) in [7, 11) is 0. The van der Waals surface area contributed by atoms with Crippen LogP contribution in [0.15, 0.2) is 48.5 Å². The van der Waals surface area contributed by atoms with Crippen LogP contribution in [0.25, 0.3) is 0 Å². The first kappa shape index (κ1) is 16.7. The first-order chi connectivity index (χ1) is 12.2. The summed E-state index contributed by atoms with van der Waals surface area (Å²) in [5.74, 6) is 1.53. The summed E-state index contributed by atoms with van der Waals surface area (Å²) in [6.07, 6.45) is 0.376. The molecule has 132 valence electrons. The average molecular weight is 359 g/mol. The van der Waals surface area contributed by atoms with Crippen LogP contribution >= 0.6 is 11.6 Å². The molecule has 0 amide bonds. The lowest BCUT2D eigenvalue weighted by atomic mass is 9.99. The van der Waals surface area contributed by atoms with Crippen molar-refractivity contribution in [3.8, 4) is 11.5 Å². The molecule has 2 saturated heterocycles. The van der Waals surface area contributed by atoms with Crippen LogP contribution in [-0.4, -0.2) is 42.8 Å². The van der Waals surface area contributed by atoms with Gasteiger partial charge in [-0.15, -0.1) is 0 Å². The Kier molecular flexibility index (Phi) is 4.84. The minimum Gasteiger partial charge on any atom is -0.484 e. The highest BCUT2D eigenvalue weighted by atomic mass is 35.5. The topological polar surface area (TPSA) is 33.7 Å². The van der Waals surface area contributed by atoms with Crippen molar-refractivity contribution in [2.45, 2.75) is 31.7 Å². The Labute approximate surface area is 153 Å². The smallest absolute Gasteiger partial charge is 0.163 e. The highest BCUT2D eigenvalue weighted by Gasteiger charge is 2.37. The van der Waals surface area contributed by atoms with E-state index in [0.717, 1.165) is 37.7 Å². The maximum Gasteiger partial charge on any atom is 0.163 e. The molecule has 2 fully saturated rings. The van der Waals surface area contributed by atoms with E-state index < -0.39 is 0 Å². The fourth-order valence-electron chi connectivity index (χ4n) is 3.17. The summed E-state index contributed by atoms with van der Waals surface area (Å²) >= 11 is 6.13. The van der Waals surface area contributed by atoms with E-state index in [1.807, 2.05) is 18.2 Å². The van der Waals surface area contributed by atoms with Gasteiger partial charge in [0.15, 0.2) is 11.5 Å². The molecule has 4 nitrogen and oxygen atoms in total. The van der Waals surface area contributed by atoms with Crippen molar-refractivity contribution in [3.63, 3.8) is 0 Å². The number of likely N-dealkylation sites (tertiary alicyclic amines) is 1. The first-order valence-corrected chi connectivity index (χ1v) is 9.18. The lowest BCUT2D eigenvalue weighted by Gasteiger charge is -2.46. The third-order valence-electron chi connectivity index (χ3n) is 4.98. The van der Waals surface area contributed by atoms with Crippen molar-refractivity contribution < 1.29 is 9.47 Å². The Morgan fingerprint density at radius 3 is 2.56 bits per heavy atom. The van der Waals surface area contributed by atoms with Gasteiger partial charge in [-0.2, -0.15) is 0 Å². The first-order valence-electron chi connectivity index (χ1n) is 8.80. The second-order valence-electron chi connectivity index (χ2n) is 6.80. The molecule has 0 spiro atoms. The number of halogens is 1. The highest BCUT2D eigenvalue weighted by Crippen LogP contribution is 2.35. The number of rotatable bonds is 6. The summed E-state index contributed by atoms with van der Waals surface area (Å²) in [5, 5.41) is 3.88. The molecule has 2 unspecified atom stereocenters. The normalized spacial score (nSPS) is 23.6. The van der Waals surface area contributed by atoms with E-state index in [0.29, 0.717) is 11.1 Å². The van der Waals surface area contributed by atoms with Gasteiger partial charge in [0.1, 0.15) is 12.2 Å². The van der Waals surface area contributed by atoms with E-state index >= 15 is 0 Å². The fraction of sp³-hybridized carbons (Fsp3) is 0.400. The predicted octanol–water partition coefficient (Wildman–Crippen LogP) is 3.34. The van der Waals surface area contributed by atoms with E-state index in [2.05, 4.69) is 47.5 Å². The molecule has 1 N–H and O–H groups in total. The zero-order valence-electron chi connectivity index (χ0n) is 14.3. The van der Waals surface area contributed by atoms with E-state index in [1.54, 1.807) is 0 Å². The van der Waals surface area contributed by atoms with Gasteiger partial charge in [0.05, 0.1) is 0 Å². The summed E-state index contributed by atoms with van der Waals surface area (Å²) < 4.78 is 12.2. The molecule has 4 rings (SSSR count). The largest absolute Gasteiger partial charge is 0.484 e. The van der Waals surface area contributed by atoms with E-state index in [-0.39, 0.29) is 12.2 Å². The Balaban J connectivity index is 1.38. The van der Waals surface area contributed by atoms with Crippen LogP contribution in [0, 0.1) is 0 Å². The maximum atomic E-state index is 6.24. The highest BCUT2D eigenvalue weighted by molar-refractivity contribution is 6.30. The summed E-state index contributed by atoms with van der Waals surface area (Å²) in [5.41, 5.74) is 1.33. The standard InChI is InChI=1S/C20H23ClN2O2/c1-14-20(13-23(14)12-15-5-3-2-4-6-15)25-18-8-7-16(21)9-19(18)24-17-10-22-11-17/h2-9,14,17,20,22H,10-13H2,1H3.